The van der Waals surface area contributed by atoms with Gasteiger partial charge in [-0.25, -0.2) is 4.98 Å². The zero-order valence-corrected chi connectivity index (χ0v) is 11.7. The van der Waals surface area contributed by atoms with Crippen LogP contribution in [0.15, 0.2) is 6.07 Å². The van der Waals surface area contributed by atoms with Gasteiger partial charge in [0, 0.05) is 50.4 Å². The number of nitrogens with zero attached hydrogens (tertiary/aromatic N) is 4. The maximum atomic E-state index is 5.75. The third-order valence-corrected chi connectivity index (χ3v) is 3.25. The van der Waals surface area contributed by atoms with Crippen molar-refractivity contribution < 1.29 is 4.74 Å². The molecule has 0 aromatic carbocycles. The highest BCUT2D eigenvalue weighted by atomic mass is 35.5. The monoisotopic (exact) mass is 270 g/mol. The van der Waals surface area contributed by atoms with Gasteiger partial charge in [0.2, 0.25) is 11.8 Å². The van der Waals surface area contributed by atoms with Crippen molar-refractivity contribution in [3.8, 4) is 5.88 Å². The van der Waals surface area contributed by atoms with E-state index in [2.05, 4.69) is 19.8 Å². The maximum absolute atomic E-state index is 5.75. The lowest BCUT2D eigenvalue weighted by Crippen LogP contribution is -2.47. The average Bonchev–Trinajstić information content (AvgIpc) is 2.39. The van der Waals surface area contributed by atoms with Gasteiger partial charge in [-0.05, 0) is 6.92 Å². The van der Waals surface area contributed by atoms with Gasteiger partial charge in [-0.1, -0.05) is 0 Å². The van der Waals surface area contributed by atoms with Gasteiger partial charge in [0.25, 0.3) is 0 Å². The molecule has 2 heterocycles. The molecule has 5 nitrogen and oxygen atoms in total. The fourth-order valence-corrected chi connectivity index (χ4v) is 2.30. The number of hydrogen-bond donors (Lipinski definition) is 0. The highest BCUT2D eigenvalue weighted by Gasteiger charge is 2.19. The molecule has 2 rings (SSSR count). The summed E-state index contributed by atoms with van der Waals surface area (Å²) in [5.74, 6) is 2.08. The number of alkyl halides is 1. The van der Waals surface area contributed by atoms with Crippen LogP contribution in [0.1, 0.15) is 5.69 Å². The Balaban J connectivity index is 2.02. The molecule has 1 fully saturated rings. The first-order valence-electron chi connectivity index (χ1n) is 6.16. The van der Waals surface area contributed by atoms with Gasteiger partial charge in [0.05, 0.1) is 7.11 Å². The largest absolute Gasteiger partial charge is 0.481 e. The third-order valence-electron chi connectivity index (χ3n) is 3.08. The number of methoxy groups -OCH3 is 1. The van der Waals surface area contributed by atoms with E-state index in [0.717, 1.165) is 44.4 Å². The van der Waals surface area contributed by atoms with Crippen LogP contribution in [0.4, 0.5) is 5.95 Å². The van der Waals surface area contributed by atoms with E-state index in [1.54, 1.807) is 7.11 Å². The minimum Gasteiger partial charge on any atom is -0.481 e. The molecular formula is C12H19ClN4O. The molecule has 0 N–H and O–H groups in total. The van der Waals surface area contributed by atoms with E-state index >= 15 is 0 Å². The van der Waals surface area contributed by atoms with Crippen LogP contribution in [0.3, 0.4) is 0 Å². The first-order valence-corrected chi connectivity index (χ1v) is 6.69. The summed E-state index contributed by atoms with van der Waals surface area (Å²) in [6.07, 6.45) is 0. The standard InChI is InChI=1S/C12H19ClN4O/c1-10-9-11(18-2)15-12(14-10)17-7-5-16(4-3-13)6-8-17/h9H,3-8H2,1-2H3. The molecule has 0 spiro atoms. The van der Waals surface area contributed by atoms with Gasteiger partial charge < -0.3 is 9.64 Å². The topological polar surface area (TPSA) is 41.5 Å². The van der Waals surface area contributed by atoms with Crippen LogP contribution in [-0.2, 0) is 0 Å². The van der Waals surface area contributed by atoms with Crippen LogP contribution < -0.4 is 9.64 Å². The van der Waals surface area contributed by atoms with E-state index in [-0.39, 0.29) is 0 Å². The van der Waals surface area contributed by atoms with E-state index in [9.17, 15) is 0 Å². The molecule has 1 aliphatic rings. The Kier molecular flexibility index (Phi) is 4.60. The van der Waals surface area contributed by atoms with Gasteiger partial charge in [-0.2, -0.15) is 4.98 Å². The number of anilines is 1. The summed E-state index contributed by atoms with van der Waals surface area (Å²) in [5.41, 5.74) is 0.931. The predicted molar refractivity (Wildman–Crippen MR) is 72.7 cm³/mol. The first-order chi connectivity index (χ1) is 8.72. The second-order valence-corrected chi connectivity index (χ2v) is 4.75. The highest BCUT2D eigenvalue weighted by Crippen LogP contribution is 2.16. The molecule has 1 aromatic heterocycles. The molecule has 0 unspecified atom stereocenters. The molecule has 1 aliphatic heterocycles. The highest BCUT2D eigenvalue weighted by molar-refractivity contribution is 6.18. The molecule has 1 saturated heterocycles. The number of aromatic nitrogens is 2. The Labute approximate surface area is 113 Å². The lowest BCUT2D eigenvalue weighted by molar-refractivity contribution is 0.271. The zero-order chi connectivity index (χ0) is 13.0. The molecule has 100 valence electrons. The zero-order valence-electron chi connectivity index (χ0n) is 10.9. The Morgan fingerprint density at radius 3 is 2.61 bits per heavy atom. The first kappa shape index (κ1) is 13.4. The second kappa shape index (κ2) is 6.20. The van der Waals surface area contributed by atoms with Crippen molar-refractivity contribution in [3.63, 3.8) is 0 Å². The molecule has 0 atom stereocenters. The van der Waals surface area contributed by atoms with Crippen molar-refractivity contribution in [1.82, 2.24) is 14.9 Å². The summed E-state index contributed by atoms with van der Waals surface area (Å²) in [6, 6.07) is 1.84. The number of aryl methyl sites for hydroxylation is 1. The fraction of sp³-hybridized carbons (Fsp3) is 0.667. The predicted octanol–water partition coefficient (Wildman–Crippen LogP) is 1.15. The van der Waals surface area contributed by atoms with E-state index in [1.807, 2.05) is 13.0 Å². The Hall–Kier alpha value is -1.07. The van der Waals surface area contributed by atoms with Gasteiger partial charge in [0.15, 0.2) is 0 Å². The molecule has 0 bridgehead atoms. The molecule has 1 aromatic rings. The minimum atomic E-state index is 0.626. The molecule has 6 heteroatoms. The summed E-state index contributed by atoms with van der Waals surface area (Å²) in [7, 11) is 1.63. The molecule has 0 aliphatic carbocycles. The molecule has 0 amide bonds. The number of piperazine rings is 1. The van der Waals surface area contributed by atoms with Crippen LogP contribution in [0.25, 0.3) is 0 Å². The fourth-order valence-electron chi connectivity index (χ4n) is 2.06. The number of rotatable bonds is 4. The van der Waals surface area contributed by atoms with Crippen molar-refractivity contribution in [2.24, 2.45) is 0 Å². The normalized spacial score (nSPS) is 16.9. The Morgan fingerprint density at radius 1 is 1.28 bits per heavy atom. The molecule has 0 radical (unpaired) electrons. The van der Waals surface area contributed by atoms with Crippen molar-refractivity contribution in [3.05, 3.63) is 11.8 Å². The van der Waals surface area contributed by atoms with Gasteiger partial charge in [0.1, 0.15) is 0 Å². The van der Waals surface area contributed by atoms with Crippen LogP contribution in [-0.4, -0.2) is 60.6 Å². The van der Waals surface area contributed by atoms with Crippen molar-refractivity contribution in [1.29, 1.82) is 0 Å². The van der Waals surface area contributed by atoms with Crippen LogP contribution >= 0.6 is 11.6 Å². The summed E-state index contributed by atoms with van der Waals surface area (Å²) in [6.45, 7) is 6.79. The van der Waals surface area contributed by atoms with E-state index in [0.29, 0.717) is 11.8 Å². The SMILES string of the molecule is COc1cc(C)nc(N2CCN(CCCl)CC2)n1. The van der Waals surface area contributed by atoms with Crippen LogP contribution in [0, 0.1) is 6.92 Å². The Morgan fingerprint density at radius 2 is 2.00 bits per heavy atom. The lowest BCUT2D eigenvalue weighted by atomic mass is 10.3. The quantitative estimate of drug-likeness (QED) is 0.768. The van der Waals surface area contributed by atoms with Crippen LogP contribution in [0.5, 0.6) is 5.88 Å². The number of hydrogen-bond acceptors (Lipinski definition) is 5. The van der Waals surface area contributed by atoms with Gasteiger partial charge in [-0.3, -0.25) is 4.90 Å². The second-order valence-electron chi connectivity index (χ2n) is 4.37. The molecule has 0 saturated carbocycles. The number of ether oxygens (including phenoxy) is 1. The smallest absolute Gasteiger partial charge is 0.228 e. The van der Waals surface area contributed by atoms with Crippen molar-refractivity contribution in [2.45, 2.75) is 6.92 Å². The molecule has 18 heavy (non-hydrogen) atoms. The summed E-state index contributed by atoms with van der Waals surface area (Å²) in [5, 5.41) is 0. The van der Waals surface area contributed by atoms with E-state index in [1.165, 1.54) is 0 Å². The van der Waals surface area contributed by atoms with Crippen molar-refractivity contribution >= 4 is 17.5 Å². The van der Waals surface area contributed by atoms with E-state index in [4.69, 9.17) is 16.3 Å². The lowest BCUT2D eigenvalue weighted by Gasteiger charge is -2.34. The summed E-state index contributed by atoms with van der Waals surface area (Å²) >= 11 is 5.75. The average molecular weight is 271 g/mol. The maximum Gasteiger partial charge on any atom is 0.228 e. The van der Waals surface area contributed by atoms with Gasteiger partial charge in [-0.15, -0.1) is 11.6 Å². The van der Waals surface area contributed by atoms with Crippen molar-refractivity contribution in [2.75, 3.05) is 50.6 Å². The van der Waals surface area contributed by atoms with Crippen LogP contribution in [0.2, 0.25) is 0 Å². The third kappa shape index (κ3) is 3.23. The van der Waals surface area contributed by atoms with Gasteiger partial charge >= 0.3 is 0 Å². The summed E-state index contributed by atoms with van der Waals surface area (Å²) < 4.78 is 5.18. The molecular weight excluding hydrogens is 252 g/mol. The minimum absolute atomic E-state index is 0.626. The Bertz CT molecular complexity index is 394. The summed E-state index contributed by atoms with van der Waals surface area (Å²) in [4.78, 5) is 13.4. The van der Waals surface area contributed by atoms with E-state index < -0.39 is 0 Å². The number of halogens is 1.